The van der Waals surface area contributed by atoms with Crippen LogP contribution in [0.3, 0.4) is 0 Å². The van der Waals surface area contributed by atoms with Crippen molar-refractivity contribution in [2.45, 2.75) is 66.5 Å². The third-order valence-electron chi connectivity index (χ3n) is 5.94. The van der Waals surface area contributed by atoms with Gasteiger partial charge in [0.05, 0.1) is 35.7 Å². The summed E-state index contributed by atoms with van der Waals surface area (Å²) < 4.78 is 15.8. The van der Waals surface area contributed by atoms with Crippen molar-refractivity contribution in [1.82, 2.24) is 19.6 Å². The molecule has 10 heteroatoms. The van der Waals surface area contributed by atoms with E-state index in [0.29, 0.717) is 24.6 Å². The van der Waals surface area contributed by atoms with E-state index in [4.69, 9.17) is 9.47 Å². The Morgan fingerprint density at radius 2 is 0.952 bits per heavy atom. The van der Waals surface area contributed by atoms with Gasteiger partial charge in [-0.2, -0.15) is 10.2 Å². The van der Waals surface area contributed by atoms with Crippen LogP contribution in [-0.2, 0) is 20.6 Å². The fourth-order valence-corrected chi connectivity index (χ4v) is 4.58. The van der Waals surface area contributed by atoms with E-state index >= 15 is 0 Å². The Balaban J connectivity index is 0.000000230. The summed E-state index contributed by atoms with van der Waals surface area (Å²) in [6.07, 6.45) is 0. The highest BCUT2D eigenvalue weighted by molar-refractivity contribution is 9.10. The molecule has 4 aromatic rings. The van der Waals surface area contributed by atoms with Crippen LogP contribution >= 0.6 is 31.9 Å². The smallest absolute Gasteiger partial charge is 0.358 e. The molecule has 8 nitrogen and oxygen atoms in total. The molecule has 2 heterocycles. The summed E-state index contributed by atoms with van der Waals surface area (Å²) in [5, 5.41) is 8.86. The minimum Gasteiger partial charge on any atom is -0.461 e. The van der Waals surface area contributed by atoms with Gasteiger partial charge in [0, 0.05) is 8.95 Å². The maximum absolute atomic E-state index is 11.9. The Hall–Kier alpha value is -3.24. The lowest BCUT2D eigenvalue weighted by atomic mass is 10.1. The minimum absolute atomic E-state index is 0.229. The van der Waals surface area contributed by atoms with Crippen LogP contribution in [0.15, 0.2) is 69.6 Å². The summed E-state index contributed by atoms with van der Waals surface area (Å²) >= 11 is 6.86. The van der Waals surface area contributed by atoms with Crippen LogP contribution in [0.1, 0.15) is 76.4 Å². The Bertz CT molecular complexity index is 1390. The largest absolute Gasteiger partial charge is 0.461 e. The maximum atomic E-state index is 11.9. The molecule has 0 spiro atoms. The first-order valence-electron chi connectivity index (χ1n) is 13.7. The second-order valence-corrected chi connectivity index (χ2v) is 13.3. The molecule has 2 aromatic heterocycles. The van der Waals surface area contributed by atoms with Gasteiger partial charge in [-0.15, -0.1) is 0 Å². The van der Waals surface area contributed by atoms with E-state index in [2.05, 4.69) is 83.6 Å². The van der Waals surface area contributed by atoms with Gasteiger partial charge in [0.25, 0.3) is 0 Å². The highest BCUT2D eigenvalue weighted by Gasteiger charge is 2.25. The van der Waals surface area contributed by atoms with Crippen molar-refractivity contribution in [3.63, 3.8) is 0 Å². The molecule has 0 atom stereocenters. The van der Waals surface area contributed by atoms with Crippen LogP contribution in [0, 0.1) is 0 Å². The number of rotatable bonds is 6. The molecule has 0 radical (unpaired) electrons. The number of hydrogen-bond acceptors (Lipinski definition) is 6. The molecule has 0 N–H and O–H groups in total. The van der Waals surface area contributed by atoms with E-state index in [0.717, 1.165) is 31.5 Å². The summed E-state index contributed by atoms with van der Waals surface area (Å²) in [7, 11) is 0. The highest BCUT2D eigenvalue weighted by atomic mass is 79.9. The van der Waals surface area contributed by atoms with Crippen LogP contribution in [0.2, 0.25) is 0 Å². The van der Waals surface area contributed by atoms with Crippen LogP contribution < -0.4 is 0 Å². The normalized spacial score (nSPS) is 11.5. The van der Waals surface area contributed by atoms with Crippen LogP contribution in [0.4, 0.5) is 0 Å². The van der Waals surface area contributed by atoms with E-state index in [1.54, 1.807) is 26.0 Å². The van der Waals surface area contributed by atoms with Crippen molar-refractivity contribution >= 4 is 43.8 Å². The van der Waals surface area contributed by atoms with Crippen molar-refractivity contribution in [1.29, 1.82) is 0 Å². The van der Waals surface area contributed by atoms with E-state index < -0.39 is 0 Å². The molecule has 0 aliphatic carbocycles. The van der Waals surface area contributed by atoms with Gasteiger partial charge in [-0.3, -0.25) is 9.36 Å². The number of hydrogen-bond donors (Lipinski definition) is 0. The molecule has 4 rings (SSSR count). The molecular formula is C32H38Br2N4O4. The molecule has 0 saturated heterocycles. The minimum atomic E-state index is -0.390. The monoisotopic (exact) mass is 700 g/mol. The summed E-state index contributed by atoms with van der Waals surface area (Å²) in [6, 6.07) is 19.4. The van der Waals surface area contributed by atoms with Crippen LogP contribution in [0.5, 0.6) is 0 Å². The summed E-state index contributed by atoms with van der Waals surface area (Å²) in [4.78, 5) is 23.8. The molecule has 0 aliphatic rings. The summed E-state index contributed by atoms with van der Waals surface area (Å²) in [6.45, 7) is 16.6. The van der Waals surface area contributed by atoms with E-state index in [1.807, 2.05) is 57.9 Å². The van der Waals surface area contributed by atoms with Gasteiger partial charge in [0.1, 0.15) is 0 Å². The van der Waals surface area contributed by atoms with Crippen molar-refractivity contribution < 1.29 is 19.1 Å². The molecule has 224 valence electrons. The van der Waals surface area contributed by atoms with Gasteiger partial charge >= 0.3 is 11.9 Å². The molecule has 0 aliphatic heterocycles. The topological polar surface area (TPSA) is 88.2 Å². The Morgan fingerprint density at radius 1 is 0.643 bits per heavy atom. The average molecular weight is 702 g/mol. The molecule has 2 aromatic carbocycles. The first-order valence-corrected chi connectivity index (χ1v) is 15.3. The number of aromatic nitrogens is 4. The van der Waals surface area contributed by atoms with Crippen LogP contribution in [0.25, 0.3) is 22.5 Å². The van der Waals surface area contributed by atoms with Crippen molar-refractivity contribution in [3.05, 3.63) is 81.0 Å². The lowest BCUT2D eigenvalue weighted by Crippen LogP contribution is -2.24. The zero-order valence-electron chi connectivity index (χ0n) is 25.4. The number of ether oxygens (including phenoxy) is 2. The third kappa shape index (κ3) is 8.41. The predicted octanol–water partition coefficient (Wildman–Crippen LogP) is 8.49. The fourth-order valence-electron chi connectivity index (χ4n) is 4.05. The molecule has 0 bridgehead atoms. The molecule has 0 amide bonds. The number of carbonyl (C=O) groups is 2. The molecule has 0 unspecified atom stereocenters. The number of carbonyl (C=O) groups excluding carboxylic acids is 2. The van der Waals surface area contributed by atoms with Crippen LogP contribution in [-0.4, -0.2) is 44.7 Å². The third-order valence-corrected chi connectivity index (χ3v) is 7.00. The number of esters is 2. The average Bonchev–Trinajstić information content (AvgIpc) is 3.57. The lowest BCUT2D eigenvalue weighted by molar-refractivity contribution is 0.0508. The van der Waals surface area contributed by atoms with Gasteiger partial charge in [0.15, 0.2) is 11.4 Å². The second kappa shape index (κ2) is 13.8. The molecule has 0 saturated carbocycles. The van der Waals surface area contributed by atoms with Gasteiger partial charge < -0.3 is 9.47 Å². The maximum Gasteiger partial charge on any atom is 0.358 e. The number of halogens is 2. The zero-order chi connectivity index (χ0) is 31.2. The van der Waals surface area contributed by atoms with Crippen molar-refractivity contribution in [2.24, 2.45) is 0 Å². The number of nitrogens with zero attached hydrogens (tertiary/aromatic N) is 4. The number of benzene rings is 2. The van der Waals surface area contributed by atoms with Gasteiger partial charge in [-0.05, 0) is 103 Å². The van der Waals surface area contributed by atoms with Gasteiger partial charge in [0.2, 0.25) is 0 Å². The molecular weight excluding hydrogens is 664 g/mol. The Kier molecular flexibility index (Phi) is 10.9. The first-order chi connectivity index (χ1) is 19.6. The summed E-state index contributed by atoms with van der Waals surface area (Å²) in [5.74, 6) is -0.780. The zero-order valence-corrected chi connectivity index (χ0v) is 28.5. The standard InChI is InChI=1S/2C16H19BrN2O2/c2*1-5-21-15(20)13-10-14(19(18-13)16(2,3)4)11-6-8-12(17)9-7-11/h2*6-10H,5H2,1-4H3. The highest BCUT2D eigenvalue weighted by Crippen LogP contribution is 2.29. The van der Waals surface area contributed by atoms with E-state index in [1.165, 1.54) is 0 Å². The molecule has 42 heavy (non-hydrogen) atoms. The Morgan fingerprint density at radius 3 is 1.21 bits per heavy atom. The van der Waals surface area contributed by atoms with Gasteiger partial charge in [-0.1, -0.05) is 56.1 Å². The first kappa shape index (κ1) is 33.3. The Labute approximate surface area is 264 Å². The van der Waals surface area contributed by atoms with E-state index in [9.17, 15) is 9.59 Å². The second-order valence-electron chi connectivity index (χ2n) is 11.4. The molecule has 0 fully saturated rings. The fraction of sp³-hybridized carbons (Fsp3) is 0.375. The predicted molar refractivity (Wildman–Crippen MR) is 173 cm³/mol. The van der Waals surface area contributed by atoms with Crippen molar-refractivity contribution in [3.8, 4) is 22.5 Å². The van der Waals surface area contributed by atoms with Gasteiger partial charge in [-0.25, -0.2) is 9.59 Å². The van der Waals surface area contributed by atoms with Crippen molar-refractivity contribution in [2.75, 3.05) is 13.2 Å². The van der Waals surface area contributed by atoms with E-state index in [-0.39, 0.29) is 23.0 Å². The summed E-state index contributed by atoms with van der Waals surface area (Å²) in [5.41, 5.74) is 4.04. The SMILES string of the molecule is CCOC(=O)c1cc(-c2ccc(Br)cc2)n(C(C)(C)C)n1.CCOC(=O)c1cc(-c2ccc(Br)cc2)n(C(C)(C)C)n1. The lowest BCUT2D eigenvalue weighted by Gasteiger charge is -2.22. The quantitative estimate of drug-likeness (QED) is 0.187.